The molecular formula is C52H34N4. The molecule has 4 heterocycles. The van der Waals surface area contributed by atoms with Gasteiger partial charge in [-0.2, -0.15) is 0 Å². The molecule has 0 spiro atoms. The van der Waals surface area contributed by atoms with E-state index in [2.05, 4.69) is 191 Å². The van der Waals surface area contributed by atoms with Gasteiger partial charge >= 0.3 is 0 Å². The normalized spacial score (nSPS) is 11.6. The molecule has 4 heteroatoms. The molecule has 4 nitrogen and oxygen atoms in total. The average Bonchev–Trinajstić information content (AvgIpc) is 3.79. The first-order chi connectivity index (χ1) is 27.8. The fraction of sp³-hybridized carbons (Fsp3) is 0. The Labute approximate surface area is 324 Å². The molecule has 0 saturated heterocycles. The van der Waals surface area contributed by atoms with Crippen LogP contribution in [0.25, 0.3) is 99.9 Å². The molecule has 0 N–H and O–H groups in total. The Morgan fingerprint density at radius 2 is 0.804 bits per heavy atom. The van der Waals surface area contributed by atoms with Crippen molar-refractivity contribution in [1.82, 2.24) is 19.1 Å². The molecule has 0 aliphatic heterocycles. The molecule has 0 atom stereocenters. The Hall–Kier alpha value is -7.56. The summed E-state index contributed by atoms with van der Waals surface area (Å²) in [7, 11) is 0. The van der Waals surface area contributed by atoms with E-state index in [1.165, 1.54) is 21.8 Å². The smallest absolute Gasteiger partial charge is 0.0963 e. The van der Waals surface area contributed by atoms with Crippen molar-refractivity contribution in [3.05, 3.63) is 206 Å². The summed E-state index contributed by atoms with van der Waals surface area (Å²) in [5, 5.41) is 3.61. The number of nitrogens with zero attached hydrogens (tertiary/aromatic N) is 4. The highest BCUT2D eigenvalue weighted by Crippen LogP contribution is 2.38. The van der Waals surface area contributed by atoms with E-state index in [4.69, 9.17) is 9.97 Å². The summed E-state index contributed by atoms with van der Waals surface area (Å²) in [5.74, 6) is 0. The molecule has 0 unspecified atom stereocenters. The summed E-state index contributed by atoms with van der Waals surface area (Å²) in [6.45, 7) is 0. The maximum Gasteiger partial charge on any atom is 0.0963 e. The third-order valence-corrected chi connectivity index (χ3v) is 11.0. The molecule has 0 amide bonds. The molecule has 0 saturated carbocycles. The highest BCUT2D eigenvalue weighted by molar-refractivity contribution is 6.11. The molecule has 0 fully saturated rings. The number of pyridine rings is 2. The van der Waals surface area contributed by atoms with Crippen LogP contribution in [0.1, 0.15) is 0 Å². The van der Waals surface area contributed by atoms with Gasteiger partial charge < -0.3 is 9.13 Å². The van der Waals surface area contributed by atoms with Gasteiger partial charge in [-0.25, -0.2) is 4.98 Å². The van der Waals surface area contributed by atoms with E-state index in [0.29, 0.717) is 0 Å². The van der Waals surface area contributed by atoms with Crippen molar-refractivity contribution >= 4 is 43.7 Å². The third kappa shape index (κ3) is 5.31. The van der Waals surface area contributed by atoms with Gasteiger partial charge in [-0.05, 0) is 95.1 Å². The number of rotatable bonds is 6. The minimum atomic E-state index is 0.958. The summed E-state index contributed by atoms with van der Waals surface area (Å²) in [6.07, 6.45) is 1.88. The molecule has 56 heavy (non-hydrogen) atoms. The van der Waals surface area contributed by atoms with Crippen LogP contribution in [-0.2, 0) is 0 Å². The molecule has 0 aliphatic rings. The number of para-hydroxylation sites is 2. The summed E-state index contributed by atoms with van der Waals surface area (Å²) < 4.78 is 4.73. The Morgan fingerprint density at radius 3 is 1.48 bits per heavy atom. The molecule has 0 aliphatic carbocycles. The standard InChI is InChI=1S/C52H34N4/c1-4-13-36(14-5-1)46-31-40(32-47(54-46)37-15-6-2-7-16-37)35-22-26-42(27-23-35)55-48-20-11-10-19-43(48)44-28-24-38(33-50(44)55)39-25-29-45-51(34-39)56(41-17-8-3-9-18-41)49-21-12-30-53-52(45)49/h1-34H. The molecule has 4 aromatic heterocycles. The van der Waals surface area contributed by atoms with Crippen LogP contribution in [0.5, 0.6) is 0 Å². The van der Waals surface area contributed by atoms with Gasteiger partial charge in [-0.3, -0.25) is 4.98 Å². The monoisotopic (exact) mass is 714 g/mol. The zero-order valence-electron chi connectivity index (χ0n) is 30.4. The second-order valence-electron chi connectivity index (χ2n) is 14.3. The van der Waals surface area contributed by atoms with Crippen molar-refractivity contribution in [3.63, 3.8) is 0 Å². The van der Waals surface area contributed by atoms with Crippen molar-refractivity contribution in [2.24, 2.45) is 0 Å². The highest BCUT2D eigenvalue weighted by atomic mass is 15.0. The van der Waals surface area contributed by atoms with Crippen LogP contribution < -0.4 is 0 Å². The SMILES string of the molecule is c1ccc(-c2cc(-c3ccc(-n4c5ccccc5c5ccc(-c6ccc7c8ncccc8n(-c8ccccc8)c7c6)cc54)cc3)cc(-c3ccccc3)n2)cc1. The van der Waals surface area contributed by atoms with Gasteiger partial charge in [0.15, 0.2) is 0 Å². The lowest BCUT2D eigenvalue weighted by Gasteiger charge is -2.13. The van der Waals surface area contributed by atoms with Crippen molar-refractivity contribution in [3.8, 4) is 56.1 Å². The van der Waals surface area contributed by atoms with E-state index in [9.17, 15) is 0 Å². The summed E-state index contributed by atoms with van der Waals surface area (Å²) in [4.78, 5) is 9.90. The molecule has 7 aromatic carbocycles. The molecule has 11 rings (SSSR count). The van der Waals surface area contributed by atoms with Gasteiger partial charge in [0.2, 0.25) is 0 Å². The first-order valence-electron chi connectivity index (χ1n) is 19.0. The third-order valence-electron chi connectivity index (χ3n) is 11.0. The van der Waals surface area contributed by atoms with Gasteiger partial charge in [0.05, 0.1) is 39.0 Å². The fourth-order valence-electron chi connectivity index (χ4n) is 8.31. The van der Waals surface area contributed by atoms with Gasteiger partial charge in [-0.15, -0.1) is 0 Å². The predicted octanol–water partition coefficient (Wildman–Crippen LogP) is 13.3. The van der Waals surface area contributed by atoms with E-state index in [0.717, 1.165) is 78.1 Å². The largest absolute Gasteiger partial charge is 0.309 e. The van der Waals surface area contributed by atoms with Crippen LogP contribution in [0.15, 0.2) is 206 Å². The first-order valence-corrected chi connectivity index (χ1v) is 19.0. The van der Waals surface area contributed by atoms with Gasteiger partial charge in [0.25, 0.3) is 0 Å². The zero-order chi connectivity index (χ0) is 37.0. The van der Waals surface area contributed by atoms with E-state index < -0.39 is 0 Å². The van der Waals surface area contributed by atoms with E-state index in [-0.39, 0.29) is 0 Å². The maximum atomic E-state index is 5.10. The minimum absolute atomic E-state index is 0.958. The van der Waals surface area contributed by atoms with Crippen LogP contribution in [0.2, 0.25) is 0 Å². The van der Waals surface area contributed by atoms with Crippen LogP contribution in [-0.4, -0.2) is 19.1 Å². The average molecular weight is 715 g/mol. The van der Waals surface area contributed by atoms with Crippen LogP contribution >= 0.6 is 0 Å². The van der Waals surface area contributed by atoms with Crippen LogP contribution in [0.3, 0.4) is 0 Å². The van der Waals surface area contributed by atoms with Gasteiger partial charge in [0, 0.05) is 44.9 Å². The number of hydrogen-bond donors (Lipinski definition) is 0. The number of benzene rings is 7. The van der Waals surface area contributed by atoms with Crippen molar-refractivity contribution < 1.29 is 0 Å². The lowest BCUT2D eigenvalue weighted by Crippen LogP contribution is -1.95. The number of aromatic nitrogens is 4. The van der Waals surface area contributed by atoms with Crippen LogP contribution in [0, 0.1) is 0 Å². The van der Waals surface area contributed by atoms with Crippen LogP contribution in [0.4, 0.5) is 0 Å². The van der Waals surface area contributed by atoms with Crippen molar-refractivity contribution in [2.75, 3.05) is 0 Å². The second-order valence-corrected chi connectivity index (χ2v) is 14.3. The van der Waals surface area contributed by atoms with E-state index in [1.54, 1.807) is 0 Å². The van der Waals surface area contributed by atoms with Gasteiger partial charge in [-0.1, -0.05) is 127 Å². The zero-order valence-corrected chi connectivity index (χ0v) is 30.4. The predicted molar refractivity (Wildman–Crippen MR) is 232 cm³/mol. The summed E-state index contributed by atoms with van der Waals surface area (Å²) in [5.41, 5.74) is 16.5. The molecule has 11 aromatic rings. The van der Waals surface area contributed by atoms with Crippen molar-refractivity contribution in [2.45, 2.75) is 0 Å². The Bertz CT molecular complexity index is 3160. The van der Waals surface area contributed by atoms with E-state index in [1.807, 2.05) is 24.4 Å². The Kier molecular flexibility index (Phi) is 7.46. The quantitative estimate of drug-likeness (QED) is 0.172. The Morgan fingerprint density at radius 1 is 0.304 bits per heavy atom. The maximum absolute atomic E-state index is 5.10. The molecule has 0 bridgehead atoms. The molecular weight excluding hydrogens is 681 g/mol. The van der Waals surface area contributed by atoms with Gasteiger partial charge in [0.1, 0.15) is 0 Å². The Balaban J connectivity index is 1.04. The lowest BCUT2D eigenvalue weighted by atomic mass is 9.99. The highest BCUT2D eigenvalue weighted by Gasteiger charge is 2.17. The number of fused-ring (bicyclic) bond motifs is 6. The lowest BCUT2D eigenvalue weighted by molar-refractivity contribution is 1.17. The van der Waals surface area contributed by atoms with E-state index >= 15 is 0 Å². The first kappa shape index (κ1) is 31.9. The minimum Gasteiger partial charge on any atom is -0.309 e. The molecule has 0 radical (unpaired) electrons. The molecule has 262 valence electrons. The summed E-state index contributed by atoms with van der Waals surface area (Å²) >= 11 is 0. The summed E-state index contributed by atoms with van der Waals surface area (Å²) in [6, 6.07) is 71.3. The topological polar surface area (TPSA) is 35.6 Å². The fourth-order valence-corrected chi connectivity index (χ4v) is 8.31. The second kappa shape index (κ2) is 13.1. The van der Waals surface area contributed by atoms with Crippen molar-refractivity contribution in [1.29, 1.82) is 0 Å². The number of hydrogen-bond acceptors (Lipinski definition) is 2.